The van der Waals surface area contributed by atoms with Crippen LogP contribution in [0, 0.1) is 0 Å². The van der Waals surface area contributed by atoms with Gasteiger partial charge >= 0.3 is 0 Å². The van der Waals surface area contributed by atoms with Gasteiger partial charge in [0.15, 0.2) is 0 Å². The lowest BCUT2D eigenvalue weighted by Crippen LogP contribution is -2.41. The molecule has 0 unspecified atom stereocenters. The Hall–Kier alpha value is -0.870. The summed E-state index contributed by atoms with van der Waals surface area (Å²) in [5.41, 5.74) is 0. The molecule has 0 atom stereocenters. The Morgan fingerprint density at radius 1 is 1.47 bits per heavy atom. The van der Waals surface area contributed by atoms with Gasteiger partial charge in [-0.05, 0) is 19.8 Å². The first-order valence-corrected chi connectivity index (χ1v) is 5.51. The minimum Gasteiger partial charge on any atom is -0.378 e. The molecule has 0 bridgehead atoms. The number of nitrogens with zero attached hydrogens (tertiary/aromatic N) is 2. The first-order chi connectivity index (χ1) is 7.28. The Labute approximate surface area is 94.0 Å². The van der Waals surface area contributed by atoms with Crippen LogP contribution in [-0.2, 0) is 4.74 Å². The summed E-state index contributed by atoms with van der Waals surface area (Å²) < 4.78 is 5.46. The van der Waals surface area contributed by atoms with Crippen molar-refractivity contribution in [2.45, 2.75) is 31.9 Å². The van der Waals surface area contributed by atoms with Crippen LogP contribution in [0.1, 0.15) is 19.8 Å². The zero-order chi connectivity index (χ0) is 10.7. The van der Waals surface area contributed by atoms with Crippen LogP contribution in [0.3, 0.4) is 0 Å². The van der Waals surface area contributed by atoms with Crippen molar-refractivity contribution < 1.29 is 4.74 Å². The number of ether oxygens (including phenoxy) is 1. The summed E-state index contributed by atoms with van der Waals surface area (Å²) in [6, 6.07) is 0.433. The highest BCUT2D eigenvalue weighted by Gasteiger charge is 2.29. The topological polar surface area (TPSA) is 47.0 Å². The van der Waals surface area contributed by atoms with Crippen LogP contribution in [0.5, 0.6) is 0 Å². The van der Waals surface area contributed by atoms with Crippen molar-refractivity contribution in [3.05, 3.63) is 17.4 Å². The number of halogens is 1. The summed E-state index contributed by atoms with van der Waals surface area (Å²) in [7, 11) is 0. The van der Waals surface area contributed by atoms with E-state index in [1.54, 1.807) is 12.4 Å². The highest BCUT2D eigenvalue weighted by molar-refractivity contribution is 6.30. The third kappa shape index (κ3) is 2.79. The highest BCUT2D eigenvalue weighted by Crippen LogP contribution is 2.25. The van der Waals surface area contributed by atoms with E-state index in [1.807, 2.05) is 6.92 Å². The molecule has 1 aromatic heterocycles. The lowest BCUT2D eigenvalue weighted by Gasteiger charge is -2.35. The second kappa shape index (κ2) is 4.77. The van der Waals surface area contributed by atoms with Crippen LogP contribution in [0.15, 0.2) is 12.4 Å². The number of nitrogens with one attached hydrogen (secondary N) is 1. The molecule has 1 aliphatic carbocycles. The Morgan fingerprint density at radius 2 is 2.13 bits per heavy atom. The van der Waals surface area contributed by atoms with Gasteiger partial charge in [-0.15, -0.1) is 0 Å². The standard InChI is InChI=1S/C10H14ClN3O/c1-2-15-9-3-8(4-9)14-10-12-5-7(11)6-13-10/h5-6,8-9H,2-4H2,1H3,(H,12,13,14). The normalized spacial score (nSPS) is 24.7. The fourth-order valence-corrected chi connectivity index (χ4v) is 1.72. The molecule has 0 radical (unpaired) electrons. The predicted octanol–water partition coefficient (Wildman–Crippen LogP) is 2.11. The molecule has 1 fully saturated rings. The maximum Gasteiger partial charge on any atom is 0.222 e. The fourth-order valence-electron chi connectivity index (χ4n) is 1.62. The monoisotopic (exact) mass is 227 g/mol. The van der Waals surface area contributed by atoms with Gasteiger partial charge in [0.1, 0.15) is 0 Å². The van der Waals surface area contributed by atoms with Crippen LogP contribution in [0.25, 0.3) is 0 Å². The lowest BCUT2D eigenvalue weighted by atomic mass is 9.89. The summed E-state index contributed by atoms with van der Waals surface area (Å²) in [6.07, 6.45) is 5.64. The molecule has 1 aliphatic rings. The van der Waals surface area contributed by atoms with E-state index in [1.165, 1.54) is 0 Å². The van der Waals surface area contributed by atoms with Gasteiger partial charge in [-0.25, -0.2) is 9.97 Å². The molecule has 2 rings (SSSR count). The van der Waals surface area contributed by atoms with E-state index < -0.39 is 0 Å². The first kappa shape index (κ1) is 10.6. The summed E-state index contributed by atoms with van der Waals surface area (Å²) in [5, 5.41) is 3.79. The average molecular weight is 228 g/mol. The third-order valence-electron chi connectivity index (χ3n) is 2.45. The molecule has 1 saturated carbocycles. The summed E-state index contributed by atoms with van der Waals surface area (Å²) >= 11 is 5.69. The van der Waals surface area contributed by atoms with Crippen molar-refractivity contribution in [2.24, 2.45) is 0 Å². The minimum absolute atomic E-state index is 0.403. The van der Waals surface area contributed by atoms with Gasteiger partial charge < -0.3 is 10.1 Å². The van der Waals surface area contributed by atoms with E-state index in [4.69, 9.17) is 16.3 Å². The van der Waals surface area contributed by atoms with Crippen LogP contribution in [0.2, 0.25) is 5.02 Å². The van der Waals surface area contributed by atoms with E-state index in [-0.39, 0.29) is 0 Å². The van der Waals surface area contributed by atoms with Crippen LogP contribution in [-0.4, -0.2) is 28.7 Å². The molecule has 15 heavy (non-hydrogen) atoms. The van der Waals surface area contributed by atoms with Gasteiger partial charge in [-0.1, -0.05) is 11.6 Å². The molecule has 0 aliphatic heterocycles. The van der Waals surface area contributed by atoms with Gasteiger partial charge in [0.25, 0.3) is 0 Å². The molecule has 0 spiro atoms. The molecule has 0 saturated heterocycles. The van der Waals surface area contributed by atoms with Crippen LogP contribution >= 0.6 is 11.6 Å². The number of hydrogen-bond acceptors (Lipinski definition) is 4. The average Bonchev–Trinajstić information content (AvgIpc) is 2.18. The quantitative estimate of drug-likeness (QED) is 0.856. The van der Waals surface area contributed by atoms with Crippen molar-refractivity contribution in [1.82, 2.24) is 9.97 Å². The minimum atomic E-state index is 0.403. The number of hydrogen-bond donors (Lipinski definition) is 1. The highest BCUT2D eigenvalue weighted by atomic mass is 35.5. The van der Waals surface area contributed by atoms with E-state index >= 15 is 0 Å². The maximum atomic E-state index is 5.69. The Balaban J connectivity index is 1.77. The lowest BCUT2D eigenvalue weighted by molar-refractivity contribution is 0.00285. The molecule has 1 heterocycles. The van der Waals surface area contributed by atoms with Gasteiger partial charge in [0.05, 0.1) is 23.5 Å². The van der Waals surface area contributed by atoms with Crippen molar-refractivity contribution in [3.8, 4) is 0 Å². The molecular formula is C10H14ClN3O. The Morgan fingerprint density at radius 3 is 2.73 bits per heavy atom. The van der Waals surface area contributed by atoms with Crippen LogP contribution in [0.4, 0.5) is 5.95 Å². The zero-order valence-electron chi connectivity index (χ0n) is 8.61. The van der Waals surface area contributed by atoms with E-state index in [0.29, 0.717) is 23.1 Å². The van der Waals surface area contributed by atoms with E-state index in [9.17, 15) is 0 Å². The second-order valence-corrected chi connectivity index (χ2v) is 4.05. The predicted molar refractivity (Wildman–Crippen MR) is 59.1 cm³/mol. The van der Waals surface area contributed by atoms with Gasteiger partial charge in [-0.3, -0.25) is 0 Å². The summed E-state index contributed by atoms with van der Waals surface area (Å²) in [6.45, 7) is 2.80. The third-order valence-corrected chi connectivity index (χ3v) is 2.65. The molecule has 1 N–H and O–H groups in total. The molecule has 0 amide bonds. The molecule has 5 heteroatoms. The summed E-state index contributed by atoms with van der Waals surface area (Å²) in [4.78, 5) is 8.15. The van der Waals surface area contributed by atoms with Gasteiger partial charge in [0.2, 0.25) is 5.95 Å². The largest absolute Gasteiger partial charge is 0.378 e. The summed E-state index contributed by atoms with van der Waals surface area (Å²) in [5.74, 6) is 0.638. The number of aromatic nitrogens is 2. The fraction of sp³-hybridized carbons (Fsp3) is 0.600. The second-order valence-electron chi connectivity index (χ2n) is 3.61. The van der Waals surface area contributed by atoms with Gasteiger partial charge in [-0.2, -0.15) is 0 Å². The molecular weight excluding hydrogens is 214 g/mol. The first-order valence-electron chi connectivity index (χ1n) is 5.13. The SMILES string of the molecule is CCOC1CC(Nc2ncc(Cl)cn2)C1. The molecule has 0 aromatic carbocycles. The number of rotatable bonds is 4. The van der Waals surface area contributed by atoms with E-state index in [0.717, 1.165) is 19.4 Å². The Kier molecular flexibility index (Phi) is 3.38. The molecule has 82 valence electrons. The van der Waals surface area contributed by atoms with Crippen molar-refractivity contribution >= 4 is 17.5 Å². The molecule has 4 nitrogen and oxygen atoms in total. The Bertz CT molecular complexity index is 311. The molecule has 1 aromatic rings. The van der Waals surface area contributed by atoms with Crippen LogP contribution < -0.4 is 5.32 Å². The van der Waals surface area contributed by atoms with Crippen molar-refractivity contribution in [1.29, 1.82) is 0 Å². The van der Waals surface area contributed by atoms with Crippen molar-refractivity contribution in [3.63, 3.8) is 0 Å². The van der Waals surface area contributed by atoms with Gasteiger partial charge in [0, 0.05) is 12.6 Å². The van der Waals surface area contributed by atoms with E-state index in [2.05, 4.69) is 15.3 Å². The zero-order valence-corrected chi connectivity index (χ0v) is 9.37. The smallest absolute Gasteiger partial charge is 0.222 e. The maximum absolute atomic E-state index is 5.69. The van der Waals surface area contributed by atoms with Crippen molar-refractivity contribution in [2.75, 3.05) is 11.9 Å². The number of anilines is 1.